The van der Waals surface area contributed by atoms with Crippen molar-refractivity contribution in [2.75, 3.05) is 0 Å². The van der Waals surface area contributed by atoms with Crippen LogP contribution in [0.2, 0.25) is 0 Å². The van der Waals surface area contributed by atoms with E-state index >= 15 is 0 Å². The first-order valence-corrected chi connectivity index (χ1v) is 7.64. The van der Waals surface area contributed by atoms with Crippen LogP contribution in [0, 0.1) is 6.92 Å². The second-order valence-electron chi connectivity index (χ2n) is 4.48. The maximum absolute atomic E-state index is 12.8. The van der Waals surface area contributed by atoms with Crippen molar-refractivity contribution < 1.29 is 9.21 Å². The van der Waals surface area contributed by atoms with Gasteiger partial charge in [0.25, 0.3) is 0 Å². The van der Waals surface area contributed by atoms with Crippen LogP contribution in [0.5, 0.6) is 0 Å². The van der Waals surface area contributed by atoms with Crippen LogP contribution in [-0.4, -0.2) is 5.78 Å². The van der Waals surface area contributed by atoms with E-state index in [2.05, 4.69) is 31.9 Å². The molecule has 0 radical (unpaired) electrons. The van der Waals surface area contributed by atoms with E-state index in [1.807, 2.05) is 49.4 Å². The second-order valence-corrected chi connectivity index (χ2v) is 6.25. The summed E-state index contributed by atoms with van der Waals surface area (Å²) < 4.78 is 7.31. The summed E-state index contributed by atoms with van der Waals surface area (Å²) in [6.07, 6.45) is 0. The standard InChI is InChI=1S/C16H10Br2O2/c1-9-15(11-4-2-3-5-14(11)20-9)16(19)12-8-10(17)6-7-13(12)18/h2-8H,1H3. The topological polar surface area (TPSA) is 30.2 Å². The quantitative estimate of drug-likeness (QED) is 0.538. The number of carbonyl (C=O) groups is 1. The molecule has 0 saturated carbocycles. The van der Waals surface area contributed by atoms with E-state index in [1.54, 1.807) is 0 Å². The molecule has 2 nitrogen and oxygen atoms in total. The molecule has 1 heterocycles. The minimum Gasteiger partial charge on any atom is -0.461 e. The van der Waals surface area contributed by atoms with E-state index < -0.39 is 0 Å². The van der Waals surface area contributed by atoms with Crippen LogP contribution in [-0.2, 0) is 0 Å². The summed E-state index contributed by atoms with van der Waals surface area (Å²) in [6.45, 7) is 1.82. The molecule has 0 fully saturated rings. The summed E-state index contributed by atoms with van der Waals surface area (Å²) in [7, 11) is 0. The molecule has 0 bridgehead atoms. The van der Waals surface area contributed by atoms with E-state index in [0.717, 1.165) is 19.9 Å². The van der Waals surface area contributed by atoms with Crippen LogP contribution in [0.1, 0.15) is 21.7 Å². The number of carbonyl (C=O) groups excluding carboxylic acids is 1. The van der Waals surface area contributed by atoms with Gasteiger partial charge < -0.3 is 4.42 Å². The fourth-order valence-electron chi connectivity index (χ4n) is 2.26. The monoisotopic (exact) mass is 392 g/mol. The number of benzene rings is 2. The number of rotatable bonds is 2. The van der Waals surface area contributed by atoms with E-state index in [0.29, 0.717) is 16.9 Å². The Kier molecular flexibility index (Phi) is 3.52. The van der Waals surface area contributed by atoms with Crippen molar-refractivity contribution >= 4 is 48.6 Å². The fraction of sp³-hybridized carbons (Fsp3) is 0.0625. The molecule has 0 aliphatic rings. The zero-order valence-electron chi connectivity index (χ0n) is 10.6. The molecule has 3 rings (SSSR count). The molecule has 1 aromatic heterocycles. The Hall–Kier alpha value is -1.39. The van der Waals surface area contributed by atoms with Gasteiger partial charge in [0.05, 0.1) is 5.56 Å². The molecular formula is C16H10Br2O2. The molecule has 100 valence electrons. The third kappa shape index (κ3) is 2.23. The van der Waals surface area contributed by atoms with Crippen LogP contribution in [0.4, 0.5) is 0 Å². The Morgan fingerprint density at radius 1 is 1.10 bits per heavy atom. The molecule has 4 heteroatoms. The number of furan rings is 1. The Labute approximate surface area is 133 Å². The van der Waals surface area contributed by atoms with Crippen molar-refractivity contribution in [3.05, 3.63) is 68.3 Å². The van der Waals surface area contributed by atoms with Gasteiger partial charge in [-0.15, -0.1) is 0 Å². The maximum atomic E-state index is 12.8. The molecule has 0 saturated heterocycles. The molecule has 0 N–H and O–H groups in total. The number of hydrogen-bond acceptors (Lipinski definition) is 2. The summed E-state index contributed by atoms with van der Waals surface area (Å²) in [6, 6.07) is 13.1. The molecule has 0 aliphatic carbocycles. The maximum Gasteiger partial charge on any atom is 0.198 e. The summed E-state index contributed by atoms with van der Waals surface area (Å²) >= 11 is 6.83. The van der Waals surface area contributed by atoms with Crippen LogP contribution in [0.15, 0.2) is 55.8 Å². The molecule has 2 aromatic carbocycles. The Morgan fingerprint density at radius 2 is 1.85 bits per heavy atom. The van der Waals surface area contributed by atoms with E-state index in [4.69, 9.17) is 4.42 Å². The van der Waals surface area contributed by atoms with Crippen molar-refractivity contribution in [3.63, 3.8) is 0 Å². The van der Waals surface area contributed by atoms with Crippen LogP contribution in [0.3, 0.4) is 0 Å². The summed E-state index contributed by atoms with van der Waals surface area (Å²) in [5, 5.41) is 0.849. The highest BCUT2D eigenvalue weighted by molar-refractivity contribution is 9.11. The lowest BCUT2D eigenvalue weighted by Crippen LogP contribution is -2.03. The van der Waals surface area contributed by atoms with Crippen LogP contribution >= 0.6 is 31.9 Å². The summed E-state index contributed by atoms with van der Waals surface area (Å²) in [5.74, 6) is 0.601. The number of fused-ring (bicyclic) bond motifs is 1. The Morgan fingerprint density at radius 3 is 2.65 bits per heavy atom. The van der Waals surface area contributed by atoms with E-state index in [9.17, 15) is 4.79 Å². The first-order valence-electron chi connectivity index (χ1n) is 6.06. The predicted octanol–water partition coefficient (Wildman–Crippen LogP) is 5.50. The number of para-hydroxylation sites is 1. The fourth-order valence-corrected chi connectivity index (χ4v) is 3.04. The van der Waals surface area contributed by atoms with Crippen molar-refractivity contribution in [2.24, 2.45) is 0 Å². The van der Waals surface area contributed by atoms with Crippen molar-refractivity contribution in [3.8, 4) is 0 Å². The average Bonchev–Trinajstić information content (AvgIpc) is 2.76. The van der Waals surface area contributed by atoms with Gasteiger partial charge in [0.2, 0.25) is 0 Å². The Bertz CT molecular complexity index is 818. The van der Waals surface area contributed by atoms with Crippen molar-refractivity contribution in [2.45, 2.75) is 6.92 Å². The third-order valence-electron chi connectivity index (χ3n) is 3.17. The third-order valence-corrected chi connectivity index (χ3v) is 4.36. The van der Waals surface area contributed by atoms with Crippen molar-refractivity contribution in [1.29, 1.82) is 0 Å². The lowest BCUT2D eigenvalue weighted by molar-refractivity contribution is 0.103. The lowest BCUT2D eigenvalue weighted by Gasteiger charge is -2.04. The smallest absolute Gasteiger partial charge is 0.198 e. The van der Waals surface area contributed by atoms with E-state index in [-0.39, 0.29) is 5.78 Å². The second kappa shape index (κ2) is 5.19. The number of ketones is 1. The van der Waals surface area contributed by atoms with Gasteiger partial charge in [0.1, 0.15) is 11.3 Å². The van der Waals surface area contributed by atoms with Gasteiger partial charge in [-0.1, -0.05) is 50.1 Å². The summed E-state index contributed by atoms with van der Waals surface area (Å²) in [4.78, 5) is 12.8. The largest absolute Gasteiger partial charge is 0.461 e. The van der Waals surface area contributed by atoms with Gasteiger partial charge in [0, 0.05) is 19.9 Å². The lowest BCUT2D eigenvalue weighted by atomic mass is 10.0. The minimum atomic E-state index is -0.0411. The molecule has 0 atom stereocenters. The highest BCUT2D eigenvalue weighted by atomic mass is 79.9. The number of halogens is 2. The van der Waals surface area contributed by atoms with Gasteiger partial charge in [-0.3, -0.25) is 4.79 Å². The molecular weight excluding hydrogens is 384 g/mol. The van der Waals surface area contributed by atoms with Gasteiger partial charge in [-0.2, -0.15) is 0 Å². The van der Waals surface area contributed by atoms with Gasteiger partial charge >= 0.3 is 0 Å². The average molecular weight is 394 g/mol. The van der Waals surface area contributed by atoms with Gasteiger partial charge in [-0.25, -0.2) is 0 Å². The van der Waals surface area contributed by atoms with Gasteiger partial charge in [-0.05, 0) is 31.2 Å². The molecule has 0 aliphatic heterocycles. The normalized spacial score (nSPS) is 10.9. The Balaban J connectivity index is 2.22. The van der Waals surface area contributed by atoms with E-state index in [1.165, 1.54) is 0 Å². The SMILES string of the molecule is Cc1oc2ccccc2c1C(=O)c1cc(Br)ccc1Br. The zero-order chi connectivity index (χ0) is 14.3. The summed E-state index contributed by atoms with van der Waals surface area (Å²) in [5.41, 5.74) is 1.98. The minimum absolute atomic E-state index is 0.0411. The molecule has 3 aromatic rings. The highest BCUT2D eigenvalue weighted by Gasteiger charge is 2.21. The zero-order valence-corrected chi connectivity index (χ0v) is 13.8. The number of aryl methyl sites for hydroxylation is 1. The molecule has 0 spiro atoms. The highest BCUT2D eigenvalue weighted by Crippen LogP contribution is 2.30. The predicted molar refractivity (Wildman–Crippen MR) is 86.2 cm³/mol. The van der Waals surface area contributed by atoms with Gasteiger partial charge in [0.15, 0.2) is 5.78 Å². The van der Waals surface area contributed by atoms with Crippen LogP contribution in [0.25, 0.3) is 11.0 Å². The number of hydrogen-bond donors (Lipinski definition) is 0. The van der Waals surface area contributed by atoms with Crippen molar-refractivity contribution in [1.82, 2.24) is 0 Å². The van der Waals surface area contributed by atoms with Crippen LogP contribution < -0.4 is 0 Å². The molecule has 0 unspecified atom stereocenters. The molecule has 20 heavy (non-hydrogen) atoms. The first kappa shape index (κ1) is 13.6. The molecule has 0 amide bonds. The first-order chi connectivity index (χ1) is 9.58.